The normalized spacial score (nSPS) is 19.6. The van der Waals surface area contributed by atoms with Crippen LogP contribution in [0.5, 0.6) is 0 Å². The van der Waals surface area contributed by atoms with Crippen molar-refractivity contribution in [2.75, 3.05) is 24.4 Å². The topological polar surface area (TPSA) is 72.5 Å². The van der Waals surface area contributed by atoms with E-state index in [2.05, 4.69) is 10.1 Å². The molecule has 1 fully saturated rings. The van der Waals surface area contributed by atoms with Crippen molar-refractivity contribution in [3.63, 3.8) is 0 Å². The van der Waals surface area contributed by atoms with Gasteiger partial charge in [-0.25, -0.2) is 0 Å². The number of hydrogen-bond acceptors (Lipinski definition) is 6. The van der Waals surface area contributed by atoms with Crippen LogP contribution in [-0.4, -0.2) is 47.4 Å². The predicted molar refractivity (Wildman–Crippen MR) is 63.4 cm³/mol. The van der Waals surface area contributed by atoms with Gasteiger partial charge < -0.3 is 10.1 Å². The monoisotopic (exact) mass is 263 g/mol. The molecule has 0 aliphatic carbocycles. The van der Waals surface area contributed by atoms with Gasteiger partial charge in [0.2, 0.25) is 11.0 Å². The van der Waals surface area contributed by atoms with Gasteiger partial charge in [0.05, 0.1) is 24.7 Å². The summed E-state index contributed by atoms with van der Waals surface area (Å²) in [5, 5.41) is 2.66. The highest BCUT2D eigenvalue weighted by Crippen LogP contribution is 2.19. The number of thioether (sulfide) groups is 2. The van der Waals surface area contributed by atoms with Crippen molar-refractivity contribution in [2.24, 2.45) is 0 Å². The lowest BCUT2D eigenvalue weighted by Crippen LogP contribution is -2.38. The molecule has 16 heavy (non-hydrogen) atoms. The Bertz CT molecular complexity index is 295. The number of amides is 1. The third kappa shape index (κ3) is 4.44. The minimum Gasteiger partial charge on any atom is -0.468 e. The first-order chi connectivity index (χ1) is 7.63. The summed E-state index contributed by atoms with van der Waals surface area (Å²) in [4.78, 5) is 33.3. The van der Waals surface area contributed by atoms with Crippen molar-refractivity contribution in [3.8, 4) is 0 Å². The maximum atomic E-state index is 11.4. The van der Waals surface area contributed by atoms with Gasteiger partial charge in [0, 0.05) is 5.75 Å². The first kappa shape index (κ1) is 13.4. The molecule has 7 heteroatoms. The van der Waals surface area contributed by atoms with Gasteiger partial charge in [-0.3, -0.25) is 14.4 Å². The summed E-state index contributed by atoms with van der Waals surface area (Å²) in [5.74, 6) is 0.514. The van der Waals surface area contributed by atoms with Gasteiger partial charge in [0.15, 0.2) is 0 Å². The SMILES string of the molecule is COC(=O)CSCC(=O)NC1CCSC1=O. The summed E-state index contributed by atoms with van der Waals surface area (Å²) < 4.78 is 4.43. The second-order valence-electron chi connectivity index (χ2n) is 3.15. The summed E-state index contributed by atoms with van der Waals surface area (Å²) in [6.45, 7) is 0. The van der Waals surface area contributed by atoms with Crippen LogP contribution in [0.2, 0.25) is 0 Å². The molecule has 1 atom stereocenters. The number of carbonyl (C=O) groups excluding carboxylic acids is 3. The number of hydrogen-bond donors (Lipinski definition) is 1. The zero-order chi connectivity index (χ0) is 12.0. The lowest BCUT2D eigenvalue weighted by atomic mass is 10.2. The first-order valence-corrected chi connectivity index (χ1v) is 6.88. The highest BCUT2D eigenvalue weighted by Gasteiger charge is 2.26. The van der Waals surface area contributed by atoms with Gasteiger partial charge in [-0.05, 0) is 6.42 Å². The molecule has 1 rings (SSSR count). The highest BCUT2D eigenvalue weighted by molar-refractivity contribution is 8.14. The molecule has 1 unspecified atom stereocenters. The van der Waals surface area contributed by atoms with Gasteiger partial charge in [0.25, 0.3) is 0 Å². The molecule has 1 saturated heterocycles. The molecular weight excluding hydrogens is 250 g/mol. The van der Waals surface area contributed by atoms with Gasteiger partial charge in [-0.2, -0.15) is 0 Å². The first-order valence-electron chi connectivity index (χ1n) is 4.74. The highest BCUT2D eigenvalue weighted by atomic mass is 32.2. The molecule has 90 valence electrons. The lowest BCUT2D eigenvalue weighted by Gasteiger charge is -2.09. The fraction of sp³-hybridized carbons (Fsp3) is 0.667. The van der Waals surface area contributed by atoms with E-state index in [0.29, 0.717) is 6.42 Å². The standard InChI is InChI=1S/C9H13NO4S2/c1-14-8(12)5-15-4-7(11)10-6-2-3-16-9(6)13/h6H,2-5H2,1H3,(H,10,11). The quantitative estimate of drug-likeness (QED) is 0.706. The minimum atomic E-state index is -0.356. The number of methoxy groups -OCH3 is 1. The predicted octanol–water partition coefficient (Wildman–Crippen LogP) is 0.0409. The van der Waals surface area contributed by atoms with Crippen molar-refractivity contribution < 1.29 is 19.1 Å². The van der Waals surface area contributed by atoms with E-state index in [1.54, 1.807) is 0 Å². The van der Waals surface area contributed by atoms with Crippen LogP contribution in [0.3, 0.4) is 0 Å². The summed E-state index contributed by atoms with van der Waals surface area (Å²) in [5.41, 5.74) is 0. The van der Waals surface area contributed by atoms with Crippen LogP contribution in [-0.2, 0) is 19.1 Å². The maximum absolute atomic E-state index is 11.4. The van der Waals surface area contributed by atoms with Gasteiger partial charge in [0.1, 0.15) is 0 Å². The Morgan fingerprint density at radius 2 is 2.31 bits per heavy atom. The van der Waals surface area contributed by atoms with E-state index in [0.717, 1.165) is 5.75 Å². The number of esters is 1. The molecule has 1 heterocycles. The number of carbonyl (C=O) groups is 3. The number of ether oxygens (including phenoxy) is 1. The summed E-state index contributed by atoms with van der Waals surface area (Å²) >= 11 is 2.42. The summed E-state index contributed by atoms with van der Waals surface area (Å²) in [6.07, 6.45) is 0.691. The van der Waals surface area contributed by atoms with E-state index in [4.69, 9.17) is 0 Å². The second kappa shape index (κ2) is 6.80. The Balaban J connectivity index is 2.16. The molecule has 0 aromatic heterocycles. The van der Waals surface area contributed by atoms with Crippen LogP contribution < -0.4 is 5.32 Å². The Hall–Kier alpha value is -0.690. The van der Waals surface area contributed by atoms with Crippen LogP contribution in [0.1, 0.15) is 6.42 Å². The van der Waals surface area contributed by atoms with Gasteiger partial charge in [-0.15, -0.1) is 11.8 Å². The third-order valence-electron chi connectivity index (χ3n) is 1.95. The van der Waals surface area contributed by atoms with Crippen molar-refractivity contribution >= 4 is 40.5 Å². The van der Waals surface area contributed by atoms with Crippen LogP contribution in [0.4, 0.5) is 0 Å². The van der Waals surface area contributed by atoms with Crippen LogP contribution in [0, 0.1) is 0 Å². The fourth-order valence-corrected chi connectivity index (χ4v) is 2.74. The van der Waals surface area contributed by atoms with Crippen molar-refractivity contribution in [1.29, 1.82) is 0 Å². The Kier molecular flexibility index (Phi) is 5.68. The van der Waals surface area contributed by atoms with Crippen molar-refractivity contribution in [3.05, 3.63) is 0 Å². The van der Waals surface area contributed by atoms with E-state index >= 15 is 0 Å². The largest absolute Gasteiger partial charge is 0.468 e. The summed E-state index contributed by atoms with van der Waals surface area (Å²) in [7, 11) is 1.30. The number of nitrogens with one attached hydrogen (secondary N) is 1. The fourth-order valence-electron chi connectivity index (χ4n) is 1.15. The van der Waals surface area contributed by atoms with E-state index in [9.17, 15) is 14.4 Å². The molecular formula is C9H13NO4S2. The molecule has 1 amide bonds. The molecule has 1 aliphatic heterocycles. The maximum Gasteiger partial charge on any atom is 0.315 e. The minimum absolute atomic E-state index is 0.0197. The lowest BCUT2D eigenvalue weighted by molar-refractivity contribution is -0.137. The molecule has 1 aliphatic rings. The number of rotatable bonds is 5. The Labute approximate surface area is 102 Å². The molecule has 1 N–H and O–H groups in total. The molecule has 0 bridgehead atoms. The third-order valence-corrected chi connectivity index (χ3v) is 3.87. The average molecular weight is 263 g/mol. The van der Waals surface area contributed by atoms with Crippen LogP contribution >= 0.6 is 23.5 Å². The molecule has 5 nitrogen and oxygen atoms in total. The average Bonchev–Trinajstić information content (AvgIpc) is 2.64. The summed E-state index contributed by atoms with van der Waals surface area (Å²) in [6, 6.07) is -0.351. The van der Waals surface area contributed by atoms with E-state index < -0.39 is 0 Å². The second-order valence-corrected chi connectivity index (χ2v) is 5.23. The van der Waals surface area contributed by atoms with E-state index in [1.165, 1.54) is 30.6 Å². The molecule has 0 aromatic carbocycles. The van der Waals surface area contributed by atoms with Crippen molar-refractivity contribution in [2.45, 2.75) is 12.5 Å². The van der Waals surface area contributed by atoms with Gasteiger partial charge >= 0.3 is 5.97 Å². The smallest absolute Gasteiger partial charge is 0.315 e. The van der Waals surface area contributed by atoms with Crippen molar-refractivity contribution in [1.82, 2.24) is 5.32 Å². The Morgan fingerprint density at radius 3 is 2.88 bits per heavy atom. The van der Waals surface area contributed by atoms with E-state index in [1.807, 2.05) is 0 Å². The van der Waals surface area contributed by atoms with E-state index in [-0.39, 0.29) is 34.5 Å². The van der Waals surface area contributed by atoms with Crippen LogP contribution in [0.15, 0.2) is 0 Å². The Morgan fingerprint density at radius 1 is 1.56 bits per heavy atom. The van der Waals surface area contributed by atoms with Crippen LogP contribution in [0.25, 0.3) is 0 Å². The zero-order valence-corrected chi connectivity index (χ0v) is 10.5. The van der Waals surface area contributed by atoms with Gasteiger partial charge in [-0.1, -0.05) is 11.8 Å². The molecule has 0 spiro atoms. The zero-order valence-electron chi connectivity index (χ0n) is 8.86. The molecule has 0 aromatic rings. The molecule has 0 radical (unpaired) electrons. The molecule has 0 saturated carbocycles.